The molecule has 1 aliphatic rings. The maximum atomic E-state index is 13.1. The molecule has 42 heavy (non-hydrogen) atoms. The lowest BCUT2D eigenvalue weighted by Gasteiger charge is -2.24. The molecule has 1 aliphatic heterocycles. The molecule has 0 aromatic heterocycles. The average molecular weight is 603 g/mol. The Hall–Kier alpha value is -3.81. The van der Waals surface area contributed by atoms with Crippen LogP contribution in [0.15, 0.2) is 53.4 Å². The predicted molar refractivity (Wildman–Crippen MR) is 155 cm³/mol. The number of anilines is 1. The van der Waals surface area contributed by atoms with E-state index in [0.717, 1.165) is 16.9 Å². The monoisotopic (exact) mass is 602 g/mol. The number of amides is 2. The highest BCUT2D eigenvalue weighted by Crippen LogP contribution is 2.16. The van der Waals surface area contributed by atoms with Crippen molar-refractivity contribution in [2.45, 2.75) is 69.5 Å². The van der Waals surface area contributed by atoms with Gasteiger partial charge in [0.1, 0.15) is 24.2 Å². The number of likely N-dealkylation sites (N-methyl/N-ethyl adjacent to an activating group) is 1. The van der Waals surface area contributed by atoms with Crippen LogP contribution in [0.3, 0.4) is 0 Å². The minimum Gasteiger partial charge on any atom is -0.444 e. The Labute approximate surface area is 246 Å². The van der Waals surface area contributed by atoms with E-state index in [-0.39, 0.29) is 17.9 Å². The molecule has 12 nitrogen and oxygen atoms in total. The van der Waals surface area contributed by atoms with Crippen LogP contribution in [0.1, 0.15) is 44.7 Å². The summed E-state index contributed by atoms with van der Waals surface area (Å²) in [6.45, 7) is 7.37. The number of nitrogens with one attached hydrogen (secondary N) is 3. The molecule has 228 valence electrons. The van der Waals surface area contributed by atoms with Gasteiger partial charge in [0.2, 0.25) is 15.9 Å². The van der Waals surface area contributed by atoms with Gasteiger partial charge in [-0.3, -0.25) is 4.79 Å². The number of esters is 2. The molecule has 2 aromatic carbocycles. The van der Waals surface area contributed by atoms with Gasteiger partial charge in [-0.2, -0.15) is 4.72 Å². The Kier molecular flexibility index (Phi) is 10.8. The minimum atomic E-state index is -4.13. The molecule has 13 heteroatoms. The zero-order chi connectivity index (χ0) is 31.1. The number of carbonyl (C=O) groups is 4. The molecule has 3 N–H and O–H groups in total. The van der Waals surface area contributed by atoms with Gasteiger partial charge < -0.3 is 25.0 Å². The topological polar surface area (TPSA) is 160 Å². The number of benzene rings is 2. The van der Waals surface area contributed by atoms with E-state index in [0.29, 0.717) is 24.2 Å². The summed E-state index contributed by atoms with van der Waals surface area (Å²) >= 11 is 0. The van der Waals surface area contributed by atoms with Crippen LogP contribution >= 0.6 is 0 Å². The van der Waals surface area contributed by atoms with Crippen molar-refractivity contribution < 1.29 is 37.1 Å². The second-order valence-corrected chi connectivity index (χ2v) is 12.9. The first-order valence-corrected chi connectivity index (χ1v) is 15.0. The van der Waals surface area contributed by atoms with Crippen molar-refractivity contribution >= 4 is 39.6 Å². The first-order valence-electron chi connectivity index (χ1n) is 13.5. The third-order valence-corrected chi connectivity index (χ3v) is 7.71. The molecule has 2 amide bonds. The Bertz CT molecular complexity index is 1380. The molecule has 0 unspecified atom stereocenters. The number of rotatable bonds is 10. The normalized spacial score (nSPS) is 15.9. The van der Waals surface area contributed by atoms with Crippen molar-refractivity contribution in [2.24, 2.45) is 0 Å². The highest BCUT2D eigenvalue weighted by molar-refractivity contribution is 7.89. The molecule has 0 radical (unpaired) electrons. The number of hydrogen-bond donors (Lipinski definition) is 3. The smallest absolute Gasteiger partial charge is 0.410 e. The number of nitrogens with zero attached hydrogens (tertiary/aromatic N) is 1. The van der Waals surface area contributed by atoms with Crippen molar-refractivity contribution in [1.29, 1.82) is 0 Å². The third-order valence-electron chi connectivity index (χ3n) is 6.22. The highest BCUT2D eigenvalue weighted by Gasteiger charge is 2.32. The zero-order valence-electron chi connectivity index (χ0n) is 24.4. The van der Waals surface area contributed by atoms with E-state index in [1.807, 2.05) is 6.92 Å². The lowest BCUT2D eigenvalue weighted by atomic mass is 10.1. The standard InChI is InChI=1S/C29H38N4O8S/c1-19-8-14-22(15-9-19)42(38,39)32-24(27(36)40-26(35)23-7-6-16-30-23)17-20-10-12-21(13-11-20)31-25(34)18-33(5)28(37)41-29(2,3)4/h8-15,23-24,30,32H,6-7,16-18H2,1-5H3,(H,31,34)/t23-,24-/m0/s1. The number of hydrogen-bond acceptors (Lipinski definition) is 9. The number of aryl methyl sites for hydroxylation is 1. The van der Waals surface area contributed by atoms with Gasteiger partial charge >= 0.3 is 18.0 Å². The Morgan fingerprint density at radius 3 is 2.26 bits per heavy atom. The first-order chi connectivity index (χ1) is 19.6. The van der Waals surface area contributed by atoms with Crippen molar-refractivity contribution in [3.63, 3.8) is 0 Å². The van der Waals surface area contributed by atoms with E-state index in [2.05, 4.69) is 15.4 Å². The van der Waals surface area contributed by atoms with Gasteiger partial charge in [0.15, 0.2) is 0 Å². The van der Waals surface area contributed by atoms with Crippen LogP contribution in [-0.2, 0) is 40.3 Å². The number of sulfonamides is 1. The van der Waals surface area contributed by atoms with Gasteiger partial charge in [-0.15, -0.1) is 0 Å². The Morgan fingerprint density at radius 2 is 1.69 bits per heavy atom. The van der Waals surface area contributed by atoms with E-state index < -0.39 is 51.6 Å². The van der Waals surface area contributed by atoms with Gasteiger partial charge in [0.25, 0.3) is 0 Å². The molecule has 1 fully saturated rings. The van der Waals surface area contributed by atoms with Gasteiger partial charge in [-0.1, -0.05) is 29.8 Å². The second-order valence-electron chi connectivity index (χ2n) is 11.2. The van der Waals surface area contributed by atoms with Gasteiger partial charge in [-0.25, -0.2) is 22.8 Å². The zero-order valence-corrected chi connectivity index (χ0v) is 25.2. The van der Waals surface area contributed by atoms with Crippen LogP contribution in [-0.4, -0.2) is 75.1 Å². The quantitative estimate of drug-likeness (QED) is 0.274. The second kappa shape index (κ2) is 13.9. The van der Waals surface area contributed by atoms with Gasteiger partial charge in [0, 0.05) is 12.7 Å². The largest absolute Gasteiger partial charge is 0.444 e. The summed E-state index contributed by atoms with van der Waals surface area (Å²) in [4.78, 5) is 51.2. The Morgan fingerprint density at radius 1 is 1.05 bits per heavy atom. The Balaban J connectivity index is 1.69. The molecule has 2 aromatic rings. The SMILES string of the molecule is Cc1ccc(S(=O)(=O)N[C@@H](Cc2ccc(NC(=O)CN(C)C(=O)OC(C)(C)C)cc2)C(=O)OC(=O)[C@@H]2CCCN2)cc1. The third kappa shape index (κ3) is 9.93. The van der Waals surface area contributed by atoms with E-state index in [9.17, 15) is 27.6 Å². The van der Waals surface area contributed by atoms with Crippen LogP contribution in [0, 0.1) is 6.92 Å². The van der Waals surface area contributed by atoms with Crippen molar-refractivity contribution in [3.05, 3.63) is 59.7 Å². The fourth-order valence-corrected chi connectivity index (χ4v) is 5.24. The summed E-state index contributed by atoms with van der Waals surface area (Å²) in [6.07, 6.45) is 0.524. The molecule has 0 aliphatic carbocycles. The van der Waals surface area contributed by atoms with Crippen molar-refractivity contribution in [1.82, 2.24) is 14.9 Å². The average Bonchev–Trinajstić information content (AvgIpc) is 3.44. The van der Waals surface area contributed by atoms with Crippen LogP contribution in [0.5, 0.6) is 0 Å². The lowest BCUT2D eigenvalue weighted by Crippen LogP contribution is -2.45. The number of carbonyl (C=O) groups excluding carboxylic acids is 4. The summed E-state index contributed by atoms with van der Waals surface area (Å²) in [7, 11) is -2.68. The fourth-order valence-electron chi connectivity index (χ4n) is 4.05. The molecule has 1 saturated heterocycles. The lowest BCUT2D eigenvalue weighted by molar-refractivity contribution is -0.162. The molecule has 0 bridgehead atoms. The summed E-state index contributed by atoms with van der Waals surface area (Å²) < 4.78 is 38.8. The molecular weight excluding hydrogens is 564 g/mol. The van der Waals surface area contributed by atoms with E-state index >= 15 is 0 Å². The van der Waals surface area contributed by atoms with Crippen LogP contribution in [0.25, 0.3) is 0 Å². The van der Waals surface area contributed by atoms with Crippen LogP contribution in [0.2, 0.25) is 0 Å². The van der Waals surface area contributed by atoms with Crippen molar-refractivity contribution in [2.75, 3.05) is 25.5 Å². The molecule has 0 spiro atoms. The van der Waals surface area contributed by atoms with E-state index in [1.165, 1.54) is 19.2 Å². The molecule has 2 atom stereocenters. The first kappa shape index (κ1) is 32.7. The molecule has 1 heterocycles. The van der Waals surface area contributed by atoms with Crippen LogP contribution < -0.4 is 15.4 Å². The summed E-state index contributed by atoms with van der Waals surface area (Å²) in [5.74, 6) is -2.24. The molecular formula is C29H38N4O8S. The van der Waals surface area contributed by atoms with E-state index in [4.69, 9.17) is 9.47 Å². The number of ether oxygens (including phenoxy) is 2. The molecule has 3 rings (SSSR count). The fraction of sp³-hybridized carbons (Fsp3) is 0.448. The van der Waals surface area contributed by atoms with Gasteiger partial charge in [-0.05, 0) is 83.3 Å². The summed E-state index contributed by atoms with van der Waals surface area (Å²) in [6, 6.07) is 10.4. The van der Waals surface area contributed by atoms with Crippen molar-refractivity contribution in [3.8, 4) is 0 Å². The summed E-state index contributed by atoms with van der Waals surface area (Å²) in [5, 5.41) is 5.62. The molecule has 0 saturated carbocycles. The predicted octanol–water partition coefficient (Wildman–Crippen LogP) is 2.51. The maximum Gasteiger partial charge on any atom is 0.410 e. The maximum absolute atomic E-state index is 13.1. The van der Waals surface area contributed by atoms with Gasteiger partial charge in [0.05, 0.1) is 4.90 Å². The summed E-state index contributed by atoms with van der Waals surface area (Å²) in [5.41, 5.74) is 1.13. The highest BCUT2D eigenvalue weighted by atomic mass is 32.2. The van der Waals surface area contributed by atoms with Crippen LogP contribution in [0.4, 0.5) is 10.5 Å². The minimum absolute atomic E-state index is 0.0379. The van der Waals surface area contributed by atoms with E-state index in [1.54, 1.807) is 57.2 Å².